The molecule has 1 aromatic carbocycles. The number of nitrogens with one attached hydrogen (secondary N) is 1. The highest BCUT2D eigenvalue weighted by atomic mass is 19.2. The normalized spacial score (nSPS) is 25.4. The highest BCUT2D eigenvalue weighted by Gasteiger charge is 2.15. The Morgan fingerprint density at radius 1 is 1.35 bits per heavy atom. The second-order valence-corrected chi connectivity index (χ2v) is 4.21. The van der Waals surface area contributed by atoms with Gasteiger partial charge in [-0.2, -0.15) is 0 Å². The van der Waals surface area contributed by atoms with Crippen molar-refractivity contribution in [2.24, 2.45) is 0 Å². The average molecular weight is 239 g/mol. The first-order valence-electron chi connectivity index (χ1n) is 5.63. The van der Waals surface area contributed by atoms with Crippen LogP contribution in [0.15, 0.2) is 24.3 Å². The molecule has 1 saturated heterocycles. The van der Waals surface area contributed by atoms with Gasteiger partial charge in [-0.25, -0.2) is 8.78 Å². The number of benzene rings is 1. The Balaban J connectivity index is 2.07. The summed E-state index contributed by atoms with van der Waals surface area (Å²) in [6, 6.07) is 4.46. The fourth-order valence-corrected chi connectivity index (χ4v) is 1.81. The van der Waals surface area contributed by atoms with E-state index in [1.165, 1.54) is 6.07 Å². The van der Waals surface area contributed by atoms with E-state index in [-0.39, 0.29) is 17.6 Å². The Labute approximate surface area is 99.3 Å². The summed E-state index contributed by atoms with van der Waals surface area (Å²) in [5, 5.41) is 3.29. The third kappa shape index (κ3) is 3.11. The molecule has 0 spiro atoms. The van der Waals surface area contributed by atoms with Crippen molar-refractivity contribution in [3.8, 4) is 0 Å². The van der Waals surface area contributed by atoms with Crippen LogP contribution in [0.3, 0.4) is 0 Å². The van der Waals surface area contributed by atoms with Gasteiger partial charge in [0.15, 0.2) is 11.6 Å². The van der Waals surface area contributed by atoms with Gasteiger partial charge in [0, 0.05) is 17.6 Å². The molecule has 1 aliphatic heterocycles. The number of morpholine rings is 1. The first-order chi connectivity index (χ1) is 8.16. The monoisotopic (exact) mass is 239 g/mol. The average Bonchev–Trinajstić information content (AvgIpc) is 2.31. The number of ether oxygens (including phenoxy) is 1. The van der Waals surface area contributed by atoms with Crippen LogP contribution in [0, 0.1) is 11.6 Å². The van der Waals surface area contributed by atoms with Crippen molar-refractivity contribution in [2.45, 2.75) is 19.0 Å². The van der Waals surface area contributed by atoms with Gasteiger partial charge in [-0.05, 0) is 13.0 Å². The maximum atomic E-state index is 13.4. The summed E-state index contributed by atoms with van der Waals surface area (Å²) in [7, 11) is 0. The molecule has 0 bridgehead atoms. The Morgan fingerprint density at radius 2 is 2.18 bits per heavy atom. The molecule has 2 rings (SSSR count). The SMILES string of the molecule is CC1COCC(/C=C/c2cccc(F)c2F)N1. The van der Waals surface area contributed by atoms with Crippen molar-refractivity contribution >= 4 is 6.08 Å². The zero-order valence-electron chi connectivity index (χ0n) is 9.62. The number of halogens is 2. The molecule has 1 fully saturated rings. The fourth-order valence-electron chi connectivity index (χ4n) is 1.81. The molecule has 4 heteroatoms. The zero-order chi connectivity index (χ0) is 12.3. The van der Waals surface area contributed by atoms with E-state index in [1.807, 2.05) is 6.92 Å². The van der Waals surface area contributed by atoms with E-state index in [9.17, 15) is 8.78 Å². The van der Waals surface area contributed by atoms with Crippen molar-refractivity contribution < 1.29 is 13.5 Å². The molecule has 92 valence electrons. The van der Waals surface area contributed by atoms with Crippen LogP contribution in [-0.4, -0.2) is 25.3 Å². The Hall–Kier alpha value is -1.26. The van der Waals surface area contributed by atoms with Crippen molar-refractivity contribution in [1.82, 2.24) is 5.32 Å². The number of hydrogen-bond donors (Lipinski definition) is 1. The molecule has 2 atom stereocenters. The van der Waals surface area contributed by atoms with E-state index in [4.69, 9.17) is 4.74 Å². The van der Waals surface area contributed by atoms with Crippen LogP contribution in [0.4, 0.5) is 8.78 Å². The smallest absolute Gasteiger partial charge is 0.166 e. The van der Waals surface area contributed by atoms with E-state index < -0.39 is 11.6 Å². The number of hydrogen-bond acceptors (Lipinski definition) is 2. The molecular weight excluding hydrogens is 224 g/mol. The summed E-state index contributed by atoms with van der Waals surface area (Å²) < 4.78 is 31.7. The van der Waals surface area contributed by atoms with Crippen molar-refractivity contribution in [3.63, 3.8) is 0 Å². The lowest BCUT2D eigenvalue weighted by Crippen LogP contribution is -2.46. The van der Waals surface area contributed by atoms with Crippen LogP contribution < -0.4 is 5.32 Å². The summed E-state index contributed by atoms with van der Waals surface area (Å²) >= 11 is 0. The molecule has 1 aliphatic rings. The maximum Gasteiger partial charge on any atom is 0.166 e. The molecule has 0 saturated carbocycles. The van der Waals surface area contributed by atoms with Crippen LogP contribution >= 0.6 is 0 Å². The lowest BCUT2D eigenvalue weighted by molar-refractivity contribution is 0.0637. The van der Waals surface area contributed by atoms with Gasteiger partial charge in [-0.15, -0.1) is 0 Å². The van der Waals surface area contributed by atoms with Crippen molar-refractivity contribution in [2.75, 3.05) is 13.2 Å². The molecule has 1 heterocycles. The minimum absolute atomic E-state index is 0.0430. The van der Waals surface area contributed by atoms with Gasteiger partial charge in [0.25, 0.3) is 0 Å². The third-order valence-corrected chi connectivity index (χ3v) is 2.65. The van der Waals surface area contributed by atoms with E-state index >= 15 is 0 Å². The number of rotatable bonds is 2. The lowest BCUT2D eigenvalue weighted by atomic mass is 10.1. The molecule has 0 aromatic heterocycles. The topological polar surface area (TPSA) is 21.3 Å². The molecule has 1 aromatic rings. The molecule has 17 heavy (non-hydrogen) atoms. The van der Waals surface area contributed by atoms with Gasteiger partial charge in [0.1, 0.15) is 0 Å². The molecule has 1 N–H and O–H groups in total. The van der Waals surface area contributed by atoms with Gasteiger partial charge >= 0.3 is 0 Å². The molecular formula is C13H15F2NO. The quantitative estimate of drug-likeness (QED) is 0.855. The molecule has 0 amide bonds. The van der Waals surface area contributed by atoms with Crippen LogP contribution in [0.2, 0.25) is 0 Å². The summed E-state index contributed by atoms with van der Waals surface area (Å²) in [6.45, 7) is 3.25. The zero-order valence-corrected chi connectivity index (χ0v) is 9.62. The summed E-state index contributed by atoms with van der Waals surface area (Å²) in [6.07, 6.45) is 3.38. The highest BCUT2D eigenvalue weighted by Crippen LogP contribution is 2.13. The van der Waals surface area contributed by atoms with Gasteiger partial charge in [-0.1, -0.05) is 24.3 Å². The first-order valence-corrected chi connectivity index (χ1v) is 5.63. The Kier molecular flexibility index (Phi) is 3.86. The minimum Gasteiger partial charge on any atom is -0.378 e. The van der Waals surface area contributed by atoms with Crippen molar-refractivity contribution in [3.05, 3.63) is 41.5 Å². The summed E-state index contributed by atoms with van der Waals surface area (Å²) in [5.74, 6) is -1.64. The van der Waals surface area contributed by atoms with Gasteiger partial charge in [-0.3, -0.25) is 0 Å². The third-order valence-electron chi connectivity index (χ3n) is 2.65. The molecule has 2 unspecified atom stereocenters. The van der Waals surface area contributed by atoms with Crippen molar-refractivity contribution in [1.29, 1.82) is 0 Å². The second kappa shape index (κ2) is 5.38. The standard InChI is InChI=1S/C13H15F2NO/c1-9-7-17-8-11(16-9)6-5-10-3-2-4-12(14)13(10)15/h2-6,9,11,16H,7-8H2,1H3/b6-5+. The second-order valence-electron chi connectivity index (χ2n) is 4.21. The van der Waals surface area contributed by atoms with E-state index in [1.54, 1.807) is 18.2 Å². The maximum absolute atomic E-state index is 13.4. The molecule has 0 aliphatic carbocycles. The molecule has 0 radical (unpaired) electrons. The van der Waals surface area contributed by atoms with Crippen LogP contribution in [-0.2, 0) is 4.74 Å². The summed E-state index contributed by atoms with van der Waals surface area (Å²) in [5.41, 5.74) is 0.255. The van der Waals surface area contributed by atoms with E-state index in [0.717, 1.165) is 6.07 Å². The largest absolute Gasteiger partial charge is 0.378 e. The van der Waals surface area contributed by atoms with E-state index in [2.05, 4.69) is 5.32 Å². The lowest BCUT2D eigenvalue weighted by Gasteiger charge is -2.26. The van der Waals surface area contributed by atoms with Crippen LogP contribution in [0.1, 0.15) is 12.5 Å². The first kappa shape index (κ1) is 12.2. The van der Waals surface area contributed by atoms with E-state index in [0.29, 0.717) is 13.2 Å². The van der Waals surface area contributed by atoms with Gasteiger partial charge in [0.2, 0.25) is 0 Å². The van der Waals surface area contributed by atoms with Crippen LogP contribution in [0.5, 0.6) is 0 Å². The Morgan fingerprint density at radius 3 is 2.94 bits per heavy atom. The predicted octanol–water partition coefficient (Wildman–Crippen LogP) is 2.35. The predicted molar refractivity (Wildman–Crippen MR) is 62.6 cm³/mol. The minimum atomic E-state index is -0.826. The van der Waals surface area contributed by atoms with Crippen LogP contribution in [0.25, 0.3) is 6.08 Å². The van der Waals surface area contributed by atoms with Gasteiger partial charge < -0.3 is 10.1 Å². The van der Waals surface area contributed by atoms with Gasteiger partial charge in [0.05, 0.1) is 13.2 Å². The summed E-state index contributed by atoms with van der Waals surface area (Å²) in [4.78, 5) is 0. The Bertz CT molecular complexity index is 420. The molecule has 2 nitrogen and oxygen atoms in total. The highest BCUT2D eigenvalue weighted by molar-refractivity contribution is 5.50. The fraction of sp³-hybridized carbons (Fsp3) is 0.385.